The molecule has 6 nitrogen and oxygen atoms in total. The van der Waals surface area contributed by atoms with Crippen molar-refractivity contribution >= 4 is 11.6 Å². The minimum absolute atomic E-state index is 0.127. The number of ether oxygens (including phenoxy) is 2. The molecule has 2 aromatic rings. The second-order valence-corrected chi connectivity index (χ2v) is 3.99. The van der Waals surface area contributed by atoms with Crippen LogP contribution in [0.2, 0.25) is 0 Å². The molecule has 0 fully saturated rings. The molecule has 112 valence electrons. The Balaban J connectivity index is 1.93. The van der Waals surface area contributed by atoms with Crippen LogP contribution in [-0.4, -0.2) is 24.3 Å². The zero-order valence-corrected chi connectivity index (χ0v) is 11.0. The minimum atomic E-state index is -2.97. The molecule has 0 saturated heterocycles. The monoisotopic (exact) mass is 298 g/mol. The Kier molecular flexibility index (Phi) is 4.70. The molecule has 2 rings (SSSR count). The van der Waals surface area contributed by atoms with Crippen LogP contribution in [-0.2, 0) is 4.79 Å². The molecule has 0 bridgehead atoms. The summed E-state index contributed by atoms with van der Waals surface area (Å²) in [6.07, 6.45) is 0. The Bertz CT molecular complexity index is 616. The average Bonchev–Trinajstić information content (AvgIpc) is 2.84. The summed E-state index contributed by atoms with van der Waals surface area (Å²) in [5.74, 6) is 0.0416. The summed E-state index contributed by atoms with van der Waals surface area (Å²) in [6, 6.07) is 7.37. The normalized spacial score (nSPS) is 10.5. The quantitative estimate of drug-likeness (QED) is 0.887. The maximum absolute atomic E-state index is 12.2. The van der Waals surface area contributed by atoms with Crippen LogP contribution in [0.15, 0.2) is 34.9 Å². The van der Waals surface area contributed by atoms with Crippen molar-refractivity contribution in [2.75, 3.05) is 11.9 Å². The predicted molar refractivity (Wildman–Crippen MR) is 68.4 cm³/mol. The fraction of sp³-hybridized carbons (Fsp3) is 0.231. The van der Waals surface area contributed by atoms with E-state index < -0.39 is 12.5 Å². The van der Waals surface area contributed by atoms with Gasteiger partial charge in [-0.15, -0.1) is 0 Å². The summed E-state index contributed by atoms with van der Waals surface area (Å²) in [5, 5.41) is 5.96. The second-order valence-electron chi connectivity index (χ2n) is 3.99. The van der Waals surface area contributed by atoms with Gasteiger partial charge in [-0.25, -0.2) is 0 Å². The number of carbonyl (C=O) groups excluding carboxylic acids is 1. The van der Waals surface area contributed by atoms with E-state index in [1.807, 2.05) is 0 Å². The minimum Gasteiger partial charge on any atom is -0.465 e. The zero-order chi connectivity index (χ0) is 15.2. The molecule has 8 heteroatoms. The van der Waals surface area contributed by atoms with Crippen LogP contribution >= 0.6 is 0 Å². The van der Waals surface area contributed by atoms with Gasteiger partial charge in [0, 0.05) is 6.07 Å². The highest BCUT2D eigenvalue weighted by molar-refractivity contribution is 5.93. The third-order valence-electron chi connectivity index (χ3n) is 2.33. The molecular formula is C13H12F2N2O4. The van der Waals surface area contributed by atoms with Gasteiger partial charge in [-0.1, -0.05) is 12.1 Å². The van der Waals surface area contributed by atoms with E-state index in [0.717, 1.165) is 0 Å². The molecule has 0 spiro atoms. The van der Waals surface area contributed by atoms with Gasteiger partial charge in [0.05, 0.1) is 5.69 Å². The summed E-state index contributed by atoms with van der Waals surface area (Å²) in [4.78, 5) is 11.7. The van der Waals surface area contributed by atoms with Crippen LogP contribution in [0.5, 0.6) is 11.6 Å². The molecule has 21 heavy (non-hydrogen) atoms. The number of hydrogen-bond donors (Lipinski definition) is 1. The van der Waals surface area contributed by atoms with Gasteiger partial charge in [0.1, 0.15) is 11.5 Å². The van der Waals surface area contributed by atoms with Crippen LogP contribution in [0.4, 0.5) is 14.5 Å². The van der Waals surface area contributed by atoms with Crippen molar-refractivity contribution in [3.63, 3.8) is 0 Å². The molecule has 0 radical (unpaired) electrons. The van der Waals surface area contributed by atoms with E-state index in [1.165, 1.54) is 24.3 Å². The molecule has 1 N–H and O–H groups in total. The van der Waals surface area contributed by atoms with Gasteiger partial charge in [0.15, 0.2) is 6.61 Å². The zero-order valence-electron chi connectivity index (χ0n) is 11.0. The molecule has 0 saturated carbocycles. The largest absolute Gasteiger partial charge is 0.465 e. The number of alkyl halides is 2. The predicted octanol–water partition coefficient (Wildman–Crippen LogP) is 2.60. The van der Waals surface area contributed by atoms with Crippen molar-refractivity contribution in [2.24, 2.45) is 0 Å². The first kappa shape index (κ1) is 14.8. The van der Waals surface area contributed by atoms with Crippen molar-refractivity contribution in [2.45, 2.75) is 13.5 Å². The number of anilines is 1. The number of hydrogen-bond acceptors (Lipinski definition) is 5. The van der Waals surface area contributed by atoms with Crippen LogP contribution < -0.4 is 14.8 Å². The number of amides is 1. The summed E-state index contributed by atoms with van der Waals surface area (Å²) >= 11 is 0. The van der Waals surface area contributed by atoms with Gasteiger partial charge < -0.3 is 19.3 Å². The van der Waals surface area contributed by atoms with E-state index in [1.54, 1.807) is 13.0 Å². The van der Waals surface area contributed by atoms with E-state index in [4.69, 9.17) is 9.26 Å². The standard InChI is InChI=1S/C13H12F2N2O4/c1-8-6-12(17-21-8)19-7-11(18)16-9-4-2-3-5-10(9)20-13(14)15/h2-6,13H,7H2,1H3,(H,16,18). The maximum atomic E-state index is 12.2. The second kappa shape index (κ2) is 6.69. The Morgan fingerprint density at radius 3 is 2.86 bits per heavy atom. The third-order valence-corrected chi connectivity index (χ3v) is 2.33. The van der Waals surface area contributed by atoms with Crippen LogP contribution in [0.25, 0.3) is 0 Å². The lowest BCUT2D eigenvalue weighted by atomic mass is 10.3. The van der Waals surface area contributed by atoms with Gasteiger partial charge in [-0.05, 0) is 24.2 Å². The smallest absolute Gasteiger partial charge is 0.387 e. The SMILES string of the molecule is Cc1cc(OCC(=O)Nc2ccccc2OC(F)F)no1. The number of benzene rings is 1. The van der Waals surface area contributed by atoms with Gasteiger partial charge in [0.2, 0.25) is 0 Å². The van der Waals surface area contributed by atoms with Crippen molar-refractivity contribution in [1.82, 2.24) is 5.16 Å². The Labute approximate surface area is 118 Å². The molecule has 0 aliphatic heterocycles. The molecule has 0 atom stereocenters. The van der Waals surface area contributed by atoms with E-state index in [-0.39, 0.29) is 23.9 Å². The number of para-hydroxylation sites is 2. The number of aryl methyl sites for hydroxylation is 1. The van der Waals surface area contributed by atoms with Gasteiger partial charge in [0.25, 0.3) is 11.8 Å². The molecule has 1 amide bonds. The van der Waals surface area contributed by atoms with E-state index in [0.29, 0.717) is 5.76 Å². The first-order valence-corrected chi connectivity index (χ1v) is 5.94. The third kappa shape index (κ3) is 4.44. The molecule has 0 unspecified atom stereocenters. The van der Waals surface area contributed by atoms with Crippen LogP contribution in [0.1, 0.15) is 5.76 Å². The highest BCUT2D eigenvalue weighted by Crippen LogP contribution is 2.25. The molecule has 1 aromatic carbocycles. The summed E-state index contributed by atoms with van der Waals surface area (Å²) in [5.41, 5.74) is 0.128. The van der Waals surface area contributed by atoms with Gasteiger partial charge in [-0.2, -0.15) is 8.78 Å². The lowest BCUT2D eigenvalue weighted by Gasteiger charge is -2.11. The van der Waals surface area contributed by atoms with Gasteiger partial charge in [-0.3, -0.25) is 4.79 Å². The number of halogens is 2. The fourth-order valence-corrected chi connectivity index (χ4v) is 1.51. The van der Waals surface area contributed by atoms with Gasteiger partial charge >= 0.3 is 6.61 Å². The number of carbonyl (C=O) groups is 1. The summed E-state index contributed by atoms with van der Waals surface area (Å²) in [6.45, 7) is -1.63. The molecule has 0 aliphatic carbocycles. The van der Waals surface area contributed by atoms with E-state index in [2.05, 4.69) is 15.2 Å². The maximum Gasteiger partial charge on any atom is 0.387 e. The number of nitrogens with one attached hydrogen (secondary N) is 1. The lowest BCUT2D eigenvalue weighted by molar-refractivity contribution is -0.118. The highest BCUT2D eigenvalue weighted by atomic mass is 19.3. The average molecular weight is 298 g/mol. The van der Waals surface area contributed by atoms with Crippen molar-refractivity contribution in [3.8, 4) is 11.6 Å². The fourth-order valence-electron chi connectivity index (χ4n) is 1.51. The molecular weight excluding hydrogens is 286 g/mol. The first-order chi connectivity index (χ1) is 10.0. The Morgan fingerprint density at radius 2 is 2.19 bits per heavy atom. The van der Waals surface area contributed by atoms with Crippen molar-refractivity contribution in [3.05, 3.63) is 36.1 Å². The Morgan fingerprint density at radius 1 is 1.43 bits per heavy atom. The molecule has 0 aliphatic rings. The topological polar surface area (TPSA) is 73.6 Å². The van der Waals surface area contributed by atoms with Crippen LogP contribution in [0, 0.1) is 6.92 Å². The lowest BCUT2D eigenvalue weighted by Crippen LogP contribution is -2.21. The first-order valence-electron chi connectivity index (χ1n) is 5.94. The van der Waals surface area contributed by atoms with Crippen molar-refractivity contribution < 1.29 is 27.6 Å². The van der Waals surface area contributed by atoms with E-state index >= 15 is 0 Å². The molecule has 1 aromatic heterocycles. The molecule has 1 heterocycles. The Hall–Kier alpha value is -2.64. The van der Waals surface area contributed by atoms with Crippen LogP contribution in [0.3, 0.4) is 0 Å². The number of rotatable bonds is 6. The highest BCUT2D eigenvalue weighted by Gasteiger charge is 2.12. The number of nitrogens with zero attached hydrogens (tertiary/aromatic N) is 1. The summed E-state index contributed by atoms with van der Waals surface area (Å²) < 4.78 is 38.6. The number of aromatic nitrogens is 1. The van der Waals surface area contributed by atoms with Crippen molar-refractivity contribution in [1.29, 1.82) is 0 Å². The van der Waals surface area contributed by atoms with E-state index in [9.17, 15) is 13.6 Å². The summed E-state index contributed by atoms with van der Waals surface area (Å²) in [7, 11) is 0.